The van der Waals surface area contributed by atoms with E-state index in [-0.39, 0.29) is 47.5 Å². The van der Waals surface area contributed by atoms with Crippen LogP contribution in [0.4, 0.5) is 0 Å². The van der Waals surface area contributed by atoms with Gasteiger partial charge in [0.1, 0.15) is 51.9 Å². The Morgan fingerprint density at radius 3 is 2.09 bits per heavy atom. The standard InChI is InChI=1S/C40H51N7O6S3/c1-23(2)14-18-53-26-12-10-25(11-13-26)20-28-40(52)46-16-6-8-31(46)36(50)45-33(24(3)4)38-44-30(22-56-38)34(48)41-27(15-19-54-5)39(51)47-17-7-9-32(47)37-43-29(21-55-37)35(49)42-28/h10-14,21-22,24,27-28,31-33H,6-9,15-20H2,1-5H3,(H,41,48)(H,42,49)(H,45,50). The monoisotopic (exact) mass is 821 g/mol. The van der Waals surface area contributed by atoms with E-state index in [1.54, 1.807) is 32.3 Å². The second-order valence-electron chi connectivity index (χ2n) is 15.0. The predicted molar refractivity (Wildman–Crippen MR) is 219 cm³/mol. The number of benzene rings is 1. The molecule has 2 saturated heterocycles. The van der Waals surface area contributed by atoms with Crippen molar-refractivity contribution in [1.29, 1.82) is 0 Å². The van der Waals surface area contributed by atoms with Crippen LogP contribution in [0.1, 0.15) is 108 Å². The first-order chi connectivity index (χ1) is 26.9. The second-order valence-corrected chi connectivity index (χ2v) is 17.8. The first-order valence-electron chi connectivity index (χ1n) is 19.2. The molecule has 0 radical (unpaired) electrons. The number of nitrogens with zero attached hydrogens (tertiary/aromatic N) is 4. The number of hydrogen-bond donors (Lipinski definition) is 3. The molecule has 5 amide bonds. The predicted octanol–water partition coefficient (Wildman–Crippen LogP) is 5.32. The van der Waals surface area contributed by atoms with E-state index in [0.29, 0.717) is 66.9 Å². The Morgan fingerprint density at radius 1 is 0.857 bits per heavy atom. The number of nitrogens with one attached hydrogen (secondary N) is 3. The summed E-state index contributed by atoms with van der Waals surface area (Å²) in [4.78, 5) is 83.0. The Morgan fingerprint density at radius 2 is 1.45 bits per heavy atom. The van der Waals surface area contributed by atoms with Crippen LogP contribution in [0.5, 0.6) is 5.75 Å². The minimum atomic E-state index is -0.992. The van der Waals surface area contributed by atoms with E-state index < -0.39 is 36.0 Å². The molecule has 0 saturated carbocycles. The van der Waals surface area contributed by atoms with E-state index in [2.05, 4.69) is 20.9 Å². The summed E-state index contributed by atoms with van der Waals surface area (Å²) >= 11 is 4.16. The topological polar surface area (TPSA) is 163 Å². The summed E-state index contributed by atoms with van der Waals surface area (Å²) in [7, 11) is 0. The lowest BCUT2D eigenvalue weighted by Gasteiger charge is -2.30. The summed E-state index contributed by atoms with van der Waals surface area (Å²) < 4.78 is 5.83. The number of rotatable bonds is 9. The van der Waals surface area contributed by atoms with E-state index >= 15 is 0 Å². The normalized spacial score (nSPS) is 23.5. The summed E-state index contributed by atoms with van der Waals surface area (Å²) in [5, 5.41) is 13.5. The first-order valence-corrected chi connectivity index (χ1v) is 22.4. The second kappa shape index (κ2) is 18.8. The smallest absolute Gasteiger partial charge is 0.271 e. The molecular formula is C40H51N7O6S3. The number of hydrogen-bond acceptors (Lipinski definition) is 11. The molecule has 2 aromatic heterocycles. The van der Waals surface area contributed by atoms with E-state index in [0.717, 1.165) is 17.6 Å². The van der Waals surface area contributed by atoms with Gasteiger partial charge in [0.25, 0.3) is 11.8 Å². The molecular weight excluding hydrogens is 771 g/mol. The fourth-order valence-electron chi connectivity index (χ4n) is 7.25. The number of amides is 5. The van der Waals surface area contributed by atoms with Crippen molar-refractivity contribution >= 4 is 64.0 Å². The Hall–Kier alpha value is -4.28. The molecule has 5 unspecified atom stereocenters. The Bertz CT molecular complexity index is 1920. The van der Waals surface area contributed by atoms with E-state index in [1.165, 1.54) is 22.7 Å². The summed E-state index contributed by atoms with van der Waals surface area (Å²) in [6, 6.07) is 4.02. The van der Waals surface area contributed by atoms with Gasteiger partial charge in [0.05, 0.1) is 12.1 Å². The quantitative estimate of drug-likeness (QED) is 0.243. The fraction of sp³-hybridized carbons (Fsp3) is 0.525. The van der Waals surface area contributed by atoms with Gasteiger partial charge < -0.3 is 30.5 Å². The third kappa shape index (κ3) is 9.80. The Kier molecular flexibility index (Phi) is 13.9. The zero-order valence-electron chi connectivity index (χ0n) is 32.5. The van der Waals surface area contributed by atoms with Crippen LogP contribution in [0.15, 0.2) is 46.7 Å². The largest absolute Gasteiger partial charge is 0.490 e. The molecule has 6 rings (SSSR count). The highest BCUT2D eigenvalue weighted by atomic mass is 32.2. The van der Waals surface area contributed by atoms with Crippen LogP contribution in [-0.2, 0) is 20.8 Å². The van der Waals surface area contributed by atoms with Crippen LogP contribution in [-0.4, -0.2) is 99.1 Å². The summed E-state index contributed by atoms with van der Waals surface area (Å²) in [5.41, 5.74) is 2.29. The summed E-state index contributed by atoms with van der Waals surface area (Å²) in [6.07, 6.45) is 7.07. The summed E-state index contributed by atoms with van der Waals surface area (Å²) in [6.45, 7) is 9.23. The van der Waals surface area contributed by atoms with Crippen molar-refractivity contribution in [3.05, 3.63) is 73.6 Å². The SMILES string of the molecule is CSCCC1NC(=O)c2csc(n2)C(C(C)C)NC(=O)C2CCCN2C(=O)C(Cc2ccc(OCC=C(C)C)cc2)NC(=O)c2csc(n2)C2CCCN2C1=O. The first kappa shape index (κ1) is 41.4. The highest BCUT2D eigenvalue weighted by molar-refractivity contribution is 7.98. The van der Waals surface area contributed by atoms with Crippen LogP contribution < -0.4 is 20.7 Å². The van der Waals surface area contributed by atoms with Gasteiger partial charge in [-0.25, -0.2) is 9.97 Å². The fourth-order valence-corrected chi connectivity index (χ4v) is 9.69. The summed E-state index contributed by atoms with van der Waals surface area (Å²) in [5.74, 6) is -0.603. The van der Waals surface area contributed by atoms with Gasteiger partial charge in [-0.2, -0.15) is 11.8 Å². The molecule has 1 aromatic carbocycles. The number of ether oxygens (including phenoxy) is 1. The average molecular weight is 822 g/mol. The maximum Gasteiger partial charge on any atom is 0.271 e. The molecule has 0 spiro atoms. The van der Waals surface area contributed by atoms with Gasteiger partial charge >= 0.3 is 0 Å². The van der Waals surface area contributed by atoms with Crippen molar-refractivity contribution in [2.24, 2.45) is 5.92 Å². The maximum atomic E-state index is 14.5. The van der Waals surface area contributed by atoms with Gasteiger partial charge in [-0.05, 0) is 87.7 Å². The van der Waals surface area contributed by atoms with Crippen molar-refractivity contribution < 1.29 is 28.7 Å². The molecule has 2 fully saturated rings. The minimum absolute atomic E-state index is 0.0833. The van der Waals surface area contributed by atoms with E-state index in [4.69, 9.17) is 9.72 Å². The van der Waals surface area contributed by atoms with Crippen molar-refractivity contribution in [3.63, 3.8) is 0 Å². The lowest BCUT2D eigenvalue weighted by atomic mass is 10.0. The van der Waals surface area contributed by atoms with Crippen LogP contribution in [0.2, 0.25) is 0 Å². The molecule has 0 aliphatic carbocycles. The maximum absolute atomic E-state index is 14.5. The molecule has 3 aromatic rings. The van der Waals surface area contributed by atoms with Crippen LogP contribution in [0, 0.1) is 5.92 Å². The number of fused-ring (bicyclic) bond motifs is 7. The molecule has 56 heavy (non-hydrogen) atoms. The van der Waals surface area contributed by atoms with Crippen molar-refractivity contribution in [2.45, 2.75) is 96.4 Å². The van der Waals surface area contributed by atoms with Crippen LogP contribution in [0.3, 0.4) is 0 Å². The molecule has 4 bridgehead atoms. The van der Waals surface area contributed by atoms with Gasteiger partial charge in [-0.1, -0.05) is 31.6 Å². The molecule has 3 N–H and O–H groups in total. The molecule has 16 heteroatoms. The zero-order chi connectivity index (χ0) is 39.9. The lowest BCUT2D eigenvalue weighted by Crippen LogP contribution is -2.54. The highest BCUT2D eigenvalue weighted by Gasteiger charge is 2.40. The number of thiazole rings is 2. The molecule has 3 aliphatic rings. The third-order valence-electron chi connectivity index (χ3n) is 10.3. The van der Waals surface area contributed by atoms with Gasteiger partial charge in [0.15, 0.2) is 0 Å². The molecule has 5 atom stereocenters. The van der Waals surface area contributed by atoms with Gasteiger partial charge in [-0.3, -0.25) is 24.0 Å². The Labute approximate surface area is 340 Å². The van der Waals surface area contributed by atoms with Crippen LogP contribution in [0.25, 0.3) is 0 Å². The Balaban J connectivity index is 1.34. The highest BCUT2D eigenvalue weighted by Crippen LogP contribution is 2.35. The number of aromatic nitrogens is 2. The zero-order valence-corrected chi connectivity index (χ0v) is 35.0. The minimum Gasteiger partial charge on any atom is -0.490 e. The number of carbonyl (C=O) groups is 5. The molecule has 3 aliphatic heterocycles. The van der Waals surface area contributed by atoms with Gasteiger partial charge in [0.2, 0.25) is 17.7 Å². The van der Waals surface area contributed by atoms with E-state index in [9.17, 15) is 24.0 Å². The molecule has 13 nitrogen and oxygen atoms in total. The molecule has 300 valence electrons. The number of thioether (sulfide) groups is 1. The van der Waals surface area contributed by atoms with Crippen molar-refractivity contribution in [2.75, 3.05) is 31.7 Å². The van der Waals surface area contributed by atoms with Gasteiger partial charge in [-0.15, -0.1) is 22.7 Å². The molecule has 5 heterocycles. The van der Waals surface area contributed by atoms with E-state index in [1.807, 2.05) is 64.3 Å². The third-order valence-corrected chi connectivity index (χ3v) is 12.8. The lowest BCUT2D eigenvalue weighted by molar-refractivity contribution is -0.140. The van der Waals surface area contributed by atoms with Crippen molar-refractivity contribution in [1.82, 2.24) is 35.7 Å². The van der Waals surface area contributed by atoms with Gasteiger partial charge in [0, 0.05) is 30.3 Å². The number of allylic oxidation sites excluding steroid dienone is 1. The number of carbonyl (C=O) groups excluding carboxylic acids is 5. The average Bonchev–Trinajstić information content (AvgIpc) is 4.01. The van der Waals surface area contributed by atoms with Crippen LogP contribution >= 0.6 is 34.4 Å². The van der Waals surface area contributed by atoms with Crippen molar-refractivity contribution in [3.8, 4) is 5.75 Å².